The second kappa shape index (κ2) is 3.24. The molecular weight excluding hydrogens is 128 g/mol. The first-order valence-electron chi connectivity index (χ1n) is 2.87. The van der Waals surface area contributed by atoms with E-state index in [2.05, 4.69) is 16.5 Å². The van der Waals surface area contributed by atoms with E-state index in [1.165, 1.54) is 0 Å². The summed E-state index contributed by atoms with van der Waals surface area (Å²) in [6.07, 6.45) is 5.56. The van der Waals surface area contributed by atoms with Crippen LogP contribution >= 0.6 is 0 Å². The highest BCUT2D eigenvalue weighted by Gasteiger charge is 1.90. The van der Waals surface area contributed by atoms with Gasteiger partial charge in [0.05, 0.1) is 5.45 Å². The molecule has 0 bridgehead atoms. The Balaban J connectivity index is 2.38. The van der Waals surface area contributed by atoms with Gasteiger partial charge in [0.2, 0.25) is 0 Å². The van der Waals surface area contributed by atoms with E-state index in [0.717, 1.165) is 11.5 Å². The highest BCUT2D eigenvalue weighted by molar-refractivity contribution is 6.51. The fourth-order valence-corrected chi connectivity index (χ4v) is 1.38. The van der Waals surface area contributed by atoms with Crippen LogP contribution in [0.1, 0.15) is 0 Å². The topological polar surface area (TPSA) is 28.7 Å². The Labute approximate surface area is 56.8 Å². The zero-order valence-electron chi connectivity index (χ0n) is 5.17. The largest absolute Gasteiger partial charge is 0.353 e. The van der Waals surface area contributed by atoms with Crippen LogP contribution in [0.15, 0.2) is 25.0 Å². The molecule has 2 nitrogen and oxygen atoms in total. The number of allylic oxidation sites excluding steroid dienone is 1. The molecule has 0 aliphatic carbocycles. The average molecular weight is 137 g/mol. The third-order valence-electron chi connectivity index (χ3n) is 0.997. The molecule has 1 rings (SSSR count). The SMILES string of the molecule is C=CC[SiH]c1ncc[nH]1. The molecule has 1 aromatic heterocycles. The quantitative estimate of drug-likeness (QED) is 0.464. The predicted molar refractivity (Wildman–Crippen MR) is 40.4 cm³/mol. The zero-order chi connectivity index (χ0) is 6.53. The van der Waals surface area contributed by atoms with Crippen molar-refractivity contribution < 1.29 is 0 Å². The van der Waals surface area contributed by atoms with Gasteiger partial charge in [-0.25, -0.2) is 4.98 Å². The van der Waals surface area contributed by atoms with Crippen molar-refractivity contribution in [3.05, 3.63) is 25.0 Å². The third kappa shape index (κ3) is 1.85. The van der Waals surface area contributed by atoms with Gasteiger partial charge in [-0.15, -0.1) is 6.58 Å². The number of nitrogens with zero attached hydrogens (tertiary/aromatic N) is 1. The summed E-state index contributed by atoms with van der Waals surface area (Å²) in [5.74, 6) is 0. The smallest absolute Gasteiger partial charge is 0.119 e. The number of H-pyrrole nitrogens is 1. The highest BCUT2D eigenvalue weighted by Crippen LogP contribution is 1.76. The summed E-state index contributed by atoms with van der Waals surface area (Å²) >= 11 is 0. The van der Waals surface area contributed by atoms with E-state index in [-0.39, 0.29) is 0 Å². The molecular formula is C6H9N2Si. The van der Waals surface area contributed by atoms with Crippen molar-refractivity contribution >= 4 is 15.0 Å². The molecule has 0 unspecified atom stereocenters. The van der Waals surface area contributed by atoms with Crippen molar-refractivity contribution in [2.24, 2.45) is 0 Å². The van der Waals surface area contributed by atoms with Gasteiger partial charge in [-0.2, -0.15) is 0 Å². The first kappa shape index (κ1) is 6.29. The molecule has 0 aromatic carbocycles. The van der Waals surface area contributed by atoms with Gasteiger partial charge in [-0.3, -0.25) is 0 Å². The van der Waals surface area contributed by atoms with Gasteiger partial charge in [0.15, 0.2) is 0 Å². The number of nitrogens with one attached hydrogen (secondary N) is 1. The minimum atomic E-state index is 0.295. The summed E-state index contributed by atoms with van der Waals surface area (Å²) < 4.78 is 0. The molecule has 0 fully saturated rings. The molecule has 0 amide bonds. The Kier molecular flexibility index (Phi) is 2.27. The van der Waals surface area contributed by atoms with Crippen LogP contribution in [-0.2, 0) is 0 Å². The lowest BCUT2D eigenvalue weighted by Gasteiger charge is -1.85. The molecule has 0 aliphatic rings. The minimum Gasteiger partial charge on any atom is -0.353 e. The minimum absolute atomic E-state index is 0.295. The van der Waals surface area contributed by atoms with Gasteiger partial charge in [-0.1, -0.05) is 6.08 Å². The summed E-state index contributed by atoms with van der Waals surface area (Å²) in [5, 5.41) is 0. The van der Waals surface area contributed by atoms with E-state index < -0.39 is 0 Å². The molecule has 47 valence electrons. The Bertz CT molecular complexity index is 169. The van der Waals surface area contributed by atoms with Crippen molar-refractivity contribution in [3.63, 3.8) is 0 Å². The van der Waals surface area contributed by atoms with E-state index >= 15 is 0 Å². The van der Waals surface area contributed by atoms with Crippen LogP contribution < -0.4 is 5.45 Å². The summed E-state index contributed by atoms with van der Waals surface area (Å²) in [7, 11) is 0.295. The Morgan fingerprint density at radius 3 is 3.33 bits per heavy atom. The molecule has 1 heterocycles. The van der Waals surface area contributed by atoms with Crippen LogP contribution in [0.5, 0.6) is 0 Å². The van der Waals surface area contributed by atoms with E-state index in [4.69, 9.17) is 0 Å². The van der Waals surface area contributed by atoms with Gasteiger partial charge in [-0.05, 0) is 6.04 Å². The first-order valence-corrected chi connectivity index (χ1v) is 4.26. The third-order valence-corrected chi connectivity index (χ3v) is 2.27. The second-order valence-corrected chi connectivity index (χ2v) is 3.13. The molecule has 1 aromatic rings. The van der Waals surface area contributed by atoms with Gasteiger partial charge in [0, 0.05) is 12.4 Å². The van der Waals surface area contributed by atoms with E-state index in [0.29, 0.717) is 9.52 Å². The average Bonchev–Trinajstić information content (AvgIpc) is 2.34. The van der Waals surface area contributed by atoms with Crippen molar-refractivity contribution in [3.8, 4) is 0 Å². The maximum absolute atomic E-state index is 4.09. The number of aromatic amines is 1. The molecule has 1 N–H and O–H groups in total. The zero-order valence-corrected chi connectivity index (χ0v) is 6.33. The lowest BCUT2D eigenvalue weighted by molar-refractivity contribution is 1.39. The van der Waals surface area contributed by atoms with E-state index in [9.17, 15) is 0 Å². The highest BCUT2D eigenvalue weighted by atomic mass is 28.2. The molecule has 0 saturated carbocycles. The molecule has 9 heavy (non-hydrogen) atoms. The van der Waals surface area contributed by atoms with E-state index in [1.807, 2.05) is 12.3 Å². The number of imidazole rings is 1. The predicted octanol–water partition coefficient (Wildman–Crippen LogP) is 0.0758. The van der Waals surface area contributed by atoms with Crippen LogP contribution in [-0.4, -0.2) is 19.5 Å². The Hall–Kier alpha value is -0.833. The molecule has 1 radical (unpaired) electrons. The number of aromatic nitrogens is 2. The fraction of sp³-hybridized carbons (Fsp3) is 0.167. The molecule has 0 saturated heterocycles. The van der Waals surface area contributed by atoms with Crippen molar-refractivity contribution in [2.75, 3.05) is 0 Å². The molecule has 3 heteroatoms. The monoisotopic (exact) mass is 137 g/mol. The number of hydrogen-bond acceptors (Lipinski definition) is 1. The maximum atomic E-state index is 4.09. The summed E-state index contributed by atoms with van der Waals surface area (Å²) in [5.41, 5.74) is 1.12. The lowest BCUT2D eigenvalue weighted by atomic mass is 10.8. The van der Waals surface area contributed by atoms with Crippen molar-refractivity contribution in [1.29, 1.82) is 0 Å². The maximum Gasteiger partial charge on any atom is 0.119 e. The van der Waals surface area contributed by atoms with Crippen molar-refractivity contribution in [2.45, 2.75) is 6.04 Å². The van der Waals surface area contributed by atoms with Gasteiger partial charge < -0.3 is 4.98 Å². The van der Waals surface area contributed by atoms with Crippen LogP contribution in [0.3, 0.4) is 0 Å². The lowest BCUT2D eigenvalue weighted by Crippen LogP contribution is -2.16. The normalized spacial score (nSPS) is 9.33. The van der Waals surface area contributed by atoms with Crippen LogP contribution in [0.25, 0.3) is 0 Å². The van der Waals surface area contributed by atoms with Gasteiger partial charge >= 0.3 is 0 Å². The van der Waals surface area contributed by atoms with Crippen LogP contribution in [0.4, 0.5) is 0 Å². The molecule has 0 aliphatic heterocycles. The first-order chi connectivity index (χ1) is 4.43. The van der Waals surface area contributed by atoms with Gasteiger partial charge in [0.25, 0.3) is 0 Å². The summed E-state index contributed by atoms with van der Waals surface area (Å²) in [4.78, 5) is 7.14. The van der Waals surface area contributed by atoms with Crippen LogP contribution in [0, 0.1) is 0 Å². The Morgan fingerprint density at radius 2 is 2.78 bits per heavy atom. The van der Waals surface area contributed by atoms with E-state index in [1.54, 1.807) is 6.20 Å². The summed E-state index contributed by atoms with van der Waals surface area (Å²) in [6.45, 7) is 3.64. The number of hydrogen-bond donors (Lipinski definition) is 1. The molecule has 0 spiro atoms. The van der Waals surface area contributed by atoms with Crippen molar-refractivity contribution in [1.82, 2.24) is 9.97 Å². The summed E-state index contributed by atoms with van der Waals surface area (Å²) in [6, 6.07) is 1.08. The Morgan fingerprint density at radius 1 is 1.89 bits per heavy atom. The van der Waals surface area contributed by atoms with Crippen LogP contribution in [0.2, 0.25) is 6.04 Å². The standard InChI is InChI=1S/C6H9N2Si/c1-2-5-9-6-7-3-4-8-6/h2-4,9H,1,5H2,(H,7,8). The molecule has 0 atom stereocenters. The fourth-order valence-electron chi connectivity index (χ4n) is 0.584. The number of rotatable bonds is 3. The second-order valence-electron chi connectivity index (χ2n) is 1.70. The van der Waals surface area contributed by atoms with Gasteiger partial charge in [0.1, 0.15) is 9.52 Å².